The number of rotatable bonds is 1. The molecule has 1 aliphatic rings. The Hall–Kier alpha value is -0.0400. The van der Waals surface area contributed by atoms with Gasteiger partial charge in [0.1, 0.15) is 0 Å². The first-order valence-corrected chi connectivity index (χ1v) is 6.67. The summed E-state index contributed by atoms with van der Waals surface area (Å²) in [5.74, 6) is 3.34. The minimum Gasteiger partial charge on any atom is -0.311 e. The fourth-order valence-corrected chi connectivity index (χ4v) is 2.91. The molecule has 0 bridgehead atoms. The normalized spacial score (nSPS) is 43.8. The van der Waals surface area contributed by atoms with E-state index in [1.807, 2.05) is 0 Å². The van der Waals surface area contributed by atoms with Crippen molar-refractivity contribution in [3.05, 3.63) is 0 Å². The van der Waals surface area contributed by atoms with Crippen LogP contribution in [0.1, 0.15) is 54.4 Å². The van der Waals surface area contributed by atoms with Crippen LogP contribution < -0.4 is 5.32 Å². The van der Waals surface area contributed by atoms with Gasteiger partial charge in [-0.15, -0.1) is 0 Å². The van der Waals surface area contributed by atoms with Crippen LogP contribution in [-0.4, -0.2) is 12.1 Å². The SMILES string of the molecule is CC1CC(C)C(C)C(C)CC(C(C)C)N1. The van der Waals surface area contributed by atoms with Crippen molar-refractivity contribution in [2.45, 2.75) is 66.5 Å². The van der Waals surface area contributed by atoms with Gasteiger partial charge in [0.15, 0.2) is 0 Å². The molecule has 1 saturated heterocycles. The van der Waals surface area contributed by atoms with Gasteiger partial charge in [0.2, 0.25) is 0 Å². The van der Waals surface area contributed by atoms with Crippen LogP contribution in [0, 0.1) is 23.7 Å². The second kappa shape index (κ2) is 5.34. The van der Waals surface area contributed by atoms with Crippen LogP contribution in [0.3, 0.4) is 0 Å². The van der Waals surface area contributed by atoms with E-state index in [4.69, 9.17) is 0 Å². The van der Waals surface area contributed by atoms with E-state index in [1.165, 1.54) is 12.8 Å². The van der Waals surface area contributed by atoms with Gasteiger partial charge in [-0.1, -0.05) is 34.6 Å². The van der Waals surface area contributed by atoms with Gasteiger partial charge in [0.25, 0.3) is 0 Å². The molecular formula is C14H29N. The zero-order chi connectivity index (χ0) is 11.6. The highest BCUT2D eigenvalue weighted by molar-refractivity contribution is 4.84. The summed E-state index contributed by atoms with van der Waals surface area (Å²) in [5, 5.41) is 3.80. The predicted octanol–water partition coefficient (Wildman–Crippen LogP) is 3.69. The lowest BCUT2D eigenvalue weighted by Gasteiger charge is -2.38. The van der Waals surface area contributed by atoms with Crippen LogP contribution in [0.5, 0.6) is 0 Å². The van der Waals surface area contributed by atoms with Crippen molar-refractivity contribution in [1.29, 1.82) is 0 Å². The monoisotopic (exact) mass is 211 g/mol. The third kappa shape index (κ3) is 3.48. The molecule has 0 amide bonds. The van der Waals surface area contributed by atoms with Crippen molar-refractivity contribution in [2.24, 2.45) is 23.7 Å². The van der Waals surface area contributed by atoms with Gasteiger partial charge in [-0.05, 0) is 43.4 Å². The van der Waals surface area contributed by atoms with Crippen LogP contribution in [0.2, 0.25) is 0 Å². The topological polar surface area (TPSA) is 12.0 Å². The first-order chi connectivity index (χ1) is 6.91. The minimum absolute atomic E-state index is 0.683. The van der Waals surface area contributed by atoms with Crippen molar-refractivity contribution in [3.8, 4) is 0 Å². The first kappa shape index (κ1) is 13.0. The Morgan fingerprint density at radius 1 is 0.933 bits per heavy atom. The molecule has 1 heteroatoms. The van der Waals surface area contributed by atoms with Gasteiger partial charge in [0.05, 0.1) is 0 Å². The van der Waals surface area contributed by atoms with E-state index < -0.39 is 0 Å². The maximum atomic E-state index is 3.80. The number of hydrogen-bond acceptors (Lipinski definition) is 1. The molecule has 0 aromatic rings. The summed E-state index contributed by atoms with van der Waals surface area (Å²) in [6.45, 7) is 14.3. The highest BCUT2D eigenvalue weighted by Crippen LogP contribution is 2.31. The van der Waals surface area contributed by atoms with E-state index in [9.17, 15) is 0 Å². The Kier molecular flexibility index (Phi) is 4.64. The molecule has 0 aromatic heterocycles. The van der Waals surface area contributed by atoms with Crippen LogP contribution in [0.25, 0.3) is 0 Å². The lowest BCUT2D eigenvalue weighted by molar-refractivity contribution is 0.166. The summed E-state index contributed by atoms with van der Waals surface area (Å²) in [6.07, 6.45) is 2.67. The van der Waals surface area contributed by atoms with E-state index >= 15 is 0 Å². The van der Waals surface area contributed by atoms with Gasteiger partial charge in [-0.3, -0.25) is 0 Å². The van der Waals surface area contributed by atoms with Crippen LogP contribution >= 0.6 is 0 Å². The fourth-order valence-electron chi connectivity index (χ4n) is 2.91. The summed E-state index contributed by atoms with van der Waals surface area (Å²) in [4.78, 5) is 0. The van der Waals surface area contributed by atoms with Gasteiger partial charge >= 0.3 is 0 Å². The largest absolute Gasteiger partial charge is 0.311 e. The zero-order valence-corrected chi connectivity index (χ0v) is 11.4. The molecule has 1 N–H and O–H groups in total. The molecule has 5 unspecified atom stereocenters. The molecule has 1 heterocycles. The van der Waals surface area contributed by atoms with Crippen molar-refractivity contribution < 1.29 is 0 Å². The third-order valence-corrected chi connectivity index (χ3v) is 4.45. The van der Waals surface area contributed by atoms with Crippen molar-refractivity contribution in [1.82, 2.24) is 5.32 Å². The Bertz CT molecular complexity index is 188. The van der Waals surface area contributed by atoms with Crippen LogP contribution in [-0.2, 0) is 0 Å². The maximum absolute atomic E-state index is 3.80. The molecule has 0 radical (unpaired) electrons. The quantitative estimate of drug-likeness (QED) is 0.697. The van der Waals surface area contributed by atoms with Gasteiger partial charge in [-0.2, -0.15) is 0 Å². The molecule has 5 atom stereocenters. The molecule has 90 valence electrons. The molecule has 0 aliphatic carbocycles. The van der Waals surface area contributed by atoms with Gasteiger partial charge < -0.3 is 5.32 Å². The lowest BCUT2D eigenvalue weighted by Crippen LogP contribution is -2.45. The van der Waals surface area contributed by atoms with Crippen molar-refractivity contribution >= 4 is 0 Å². The highest BCUT2D eigenvalue weighted by atomic mass is 15.0. The Labute approximate surface area is 96.0 Å². The summed E-state index contributed by atoms with van der Waals surface area (Å²) in [7, 11) is 0. The summed E-state index contributed by atoms with van der Waals surface area (Å²) in [6, 6.07) is 1.40. The molecule has 1 nitrogen and oxygen atoms in total. The van der Waals surface area contributed by atoms with E-state index in [0.29, 0.717) is 12.1 Å². The average Bonchev–Trinajstić information content (AvgIpc) is 2.13. The fraction of sp³-hybridized carbons (Fsp3) is 1.00. The van der Waals surface area contributed by atoms with Crippen LogP contribution in [0.15, 0.2) is 0 Å². The summed E-state index contributed by atoms with van der Waals surface area (Å²) < 4.78 is 0. The standard InChI is InChI=1S/C14H29N/c1-9(2)14-8-11(4)13(6)10(3)7-12(5)15-14/h9-15H,7-8H2,1-6H3. The van der Waals surface area contributed by atoms with Gasteiger partial charge in [-0.25, -0.2) is 0 Å². The van der Waals surface area contributed by atoms with E-state index in [2.05, 4.69) is 46.9 Å². The van der Waals surface area contributed by atoms with E-state index in [1.54, 1.807) is 0 Å². The number of nitrogens with one attached hydrogen (secondary N) is 1. The molecule has 0 saturated carbocycles. The minimum atomic E-state index is 0.683. The van der Waals surface area contributed by atoms with Crippen molar-refractivity contribution in [2.75, 3.05) is 0 Å². The maximum Gasteiger partial charge on any atom is 0.00951 e. The lowest BCUT2D eigenvalue weighted by atomic mass is 9.76. The second-order valence-electron chi connectivity index (χ2n) is 6.20. The summed E-state index contributed by atoms with van der Waals surface area (Å²) >= 11 is 0. The number of hydrogen-bond donors (Lipinski definition) is 1. The summed E-state index contributed by atoms with van der Waals surface area (Å²) in [5.41, 5.74) is 0. The first-order valence-electron chi connectivity index (χ1n) is 6.67. The molecule has 0 spiro atoms. The average molecular weight is 211 g/mol. The Balaban J connectivity index is 2.68. The molecule has 15 heavy (non-hydrogen) atoms. The highest BCUT2D eigenvalue weighted by Gasteiger charge is 2.28. The smallest absolute Gasteiger partial charge is 0.00951 e. The van der Waals surface area contributed by atoms with Crippen LogP contribution in [0.4, 0.5) is 0 Å². The van der Waals surface area contributed by atoms with Gasteiger partial charge in [0, 0.05) is 12.1 Å². The molecular weight excluding hydrogens is 182 g/mol. The van der Waals surface area contributed by atoms with E-state index in [-0.39, 0.29) is 0 Å². The second-order valence-corrected chi connectivity index (χ2v) is 6.20. The van der Waals surface area contributed by atoms with Crippen molar-refractivity contribution in [3.63, 3.8) is 0 Å². The molecule has 1 aliphatic heterocycles. The molecule has 0 aromatic carbocycles. The molecule has 1 rings (SSSR count). The zero-order valence-electron chi connectivity index (χ0n) is 11.4. The van der Waals surface area contributed by atoms with E-state index in [0.717, 1.165) is 23.7 Å². The Morgan fingerprint density at radius 2 is 1.47 bits per heavy atom. The Morgan fingerprint density at radius 3 is 2.00 bits per heavy atom. The predicted molar refractivity (Wildman–Crippen MR) is 67.9 cm³/mol. The third-order valence-electron chi connectivity index (χ3n) is 4.45. The molecule has 1 fully saturated rings.